The molecule has 0 bridgehead atoms. The number of nitrogens with zero attached hydrogens (tertiary/aromatic N) is 2. The number of nitrogens with one attached hydrogen (secondary N) is 1. The van der Waals surface area contributed by atoms with Crippen LogP contribution in [0.4, 0.5) is 0 Å². The molecule has 0 atom stereocenters. The lowest BCUT2D eigenvalue weighted by Gasteiger charge is -2.10. The third kappa shape index (κ3) is 2.09. The Hall–Kier alpha value is -2.60. The van der Waals surface area contributed by atoms with E-state index in [1.807, 2.05) is 0 Å². The first-order valence-electron chi connectivity index (χ1n) is 6.06. The van der Waals surface area contributed by atoms with Crippen LogP contribution in [0, 0.1) is 0 Å². The number of aromatic nitrogens is 3. The highest BCUT2D eigenvalue weighted by Crippen LogP contribution is 2.26. The molecule has 3 aromatic rings. The van der Waals surface area contributed by atoms with Gasteiger partial charge >= 0.3 is 5.97 Å². The highest BCUT2D eigenvalue weighted by molar-refractivity contribution is 6.32. The Morgan fingerprint density at radius 1 is 1.38 bits per heavy atom. The van der Waals surface area contributed by atoms with Crippen molar-refractivity contribution in [1.29, 1.82) is 0 Å². The van der Waals surface area contributed by atoms with Gasteiger partial charge in [-0.1, -0.05) is 23.7 Å². The number of rotatable bonds is 2. The summed E-state index contributed by atoms with van der Waals surface area (Å²) < 4.78 is 6.28. The van der Waals surface area contributed by atoms with Crippen molar-refractivity contribution in [2.45, 2.75) is 0 Å². The molecule has 0 aliphatic heterocycles. The number of hydrogen-bond acceptors (Lipinski definition) is 4. The molecule has 1 N–H and O–H groups in total. The molecule has 0 radical (unpaired) electrons. The smallest absolute Gasteiger partial charge is 0.355 e. The van der Waals surface area contributed by atoms with E-state index in [0.717, 1.165) is 0 Å². The van der Waals surface area contributed by atoms with Gasteiger partial charge in [0, 0.05) is 0 Å². The first-order chi connectivity index (χ1) is 10.1. The van der Waals surface area contributed by atoms with E-state index in [9.17, 15) is 9.59 Å². The van der Waals surface area contributed by atoms with Crippen LogP contribution >= 0.6 is 11.6 Å². The number of halogens is 1. The maximum atomic E-state index is 12.0. The number of aromatic amines is 1. The van der Waals surface area contributed by atoms with E-state index < -0.39 is 5.97 Å². The Bertz CT molecular complexity index is 898. The summed E-state index contributed by atoms with van der Waals surface area (Å²) in [7, 11) is 1.27. The Labute approximate surface area is 123 Å². The zero-order valence-corrected chi connectivity index (χ0v) is 11.7. The van der Waals surface area contributed by atoms with E-state index >= 15 is 0 Å². The van der Waals surface area contributed by atoms with Crippen LogP contribution in [0.3, 0.4) is 0 Å². The minimum atomic E-state index is -0.577. The van der Waals surface area contributed by atoms with Gasteiger partial charge in [-0.05, 0) is 18.2 Å². The number of hydrogen-bond donors (Lipinski definition) is 1. The van der Waals surface area contributed by atoms with Gasteiger partial charge < -0.3 is 9.72 Å². The number of fused-ring (bicyclic) bond motifs is 1. The molecule has 0 aliphatic rings. The molecule has 0 spiro atoms. The number of carbonyl (C=O) groups is 1. The molecule has 1 aromatic carbocycles. The fourth-order valence-corrected chi connectivity index (χ4v) is 2.38. The molecule has 7 heteroatoms. The maximum Gasteiger partial charge on any atom is 0.355 e. The number of benzene rings is 1. The van der Waals surface area contributed by atoms with Gasteiger partial charge in [0.25, 0.3) is 5.56 Å². The predicted molar refractivity (Wildman–Crippen MR) is 78.0 cm³/mol. The lowest BCUT2D eigenvalue weighted by Crippen LogP contribution is -2.10. The molecule has 0 unspecified atom stereocenters. The topological polar surface area (TPSA) is 77.0 Å². The van der Waals surface area contributed by atoms with Crippen LogP contribution in [0.15, 0.2) is 41.5 Å². The zero-order valence-electron chi connectivity index (χ0n) is 11.0. The van der Waals surface area contributed by atoms with E-state index in [1.54, 1.807) is 24.3 Å². The summed E-state index contributed by atoms with van der Waals surface area (Å²) in [5.41, 5.74) is 0.737. The second kappa shape index (κ2) is 5.06. The van der Waals surface area contributed by atoms with Gasteiger partial charge in [-0.2, -0.15) is 0 Å². The molecule has 21 heavy (non-hydrogen) atoms. The van der Waals surface area contributed by atoms with Gasteiger partial charge in [0.15, 0.2) is 5.65 Å². The Morgan fingerprint density at radius 3 is 2.86 bits per heavy atom. The predicted octanol–water partition coefficient (Wildman–Crippen LogP) is 2.15. The van der Waals surface area contributed by atoms with Gasteiger partial charge in [0.2, 0.25) is 0 Å². The van der Waals surface area contributed by atoms with Crippen molar-refractivity contribution in [2.24, 2.45) is 0 Å². The number of esters is 1. The van der Waals surface area contributed by atoms with Gasteiger partial charge in [-0.25, -0.2) is 9.78 Å². The van der Waals surface area contributed by atoms with Crippen LogP contribution in [-0.2, 0) is 4.74 Å². The van der Waals surface area contributed by atoms with Crippen molar-refractivity contribution >= 4 is 28.6 Å². The molecular formula is C14H10ClN3O3. The Morgan fingerprint density at radius 2 is 2.14 bits per heavy atom. The summed E-state index contributed by atoms with van der Waals surface area (Å²) in [6, 6.07) is 8.42. The molecule has 2 heterocycles. The van der Waals surface area contributed by atoms with E-state index in [1.165, 1.54) is 24.1 Å². The molecule has 6 nitrogen and oxygen atoms in total. The highest BCUT2D eigenvalue weighted by Gasteiger charge is 2.21. The summed E-state index contributed by atoms with van der Waals surface area (Å²) in [5.74, 6) is -0.577. The molecule has 0 saturated heterocycles. The SMILES string of the molecule is COC(=O)c1cc2c(=O)[nH]cnc2n1-c1ccccc1Cl. The monoisotopic (exact) mass is 303 g/mol. The first kappa shape index (κ1) is 13.4. The summed E-state index contributed by atoms with van der Waals surface area (Å²) in [6.45, 7) is 0. The molecule has 0 aliphatic carbocycles. The lowest BCUT2D eigenvalue weighted by molar-refractivity contribution is 0.0592. The summed E-state index contributed by atoms with van der Waals surface area (Å²) in [5, 5.41) is 0.722. The largest absolute Gasteiger partial charge is 0.464 e. The van der Waals surface area contributed by atoms with E-state index in [-0.39, 0.29) is 16.6 Å². The average molecular weight is 304 g/mol. The van der Waals surface area contributed by atoms with Crippen molar-refractivity contribution in [3.05, 3.63) is 57.7 Å². The Kier molecular flexibility index (Phi) is 3.23. The van der Waals surface area contributed by atoms with Gasteiger partial charge in [-0.15, -0.1) is 0 Å². The summed E-state index contributed by atoms with van der Waals surface area (Å²) in [6.07, 6.45) is 1.28. The number of ether oxygens (including phenoxy) is 1. The van der Waals surface area contributed by atoms with Gasteiger partial charge in [0.1, 0.15) is 5.69 Å². The van der Waals surface area contributed by atoms with E-state index in [4.69, 9.17) is 16.3 Å². The van der Waals surface area contributed by atoms with Crippen molar-refractivity contribution in [3.63, 3.8) is 0 Å². The van der Waals surface area contributed by atoms with Crippen molar-refractivity contribution in [3.8, 4) is 5.69 Å². The molecular weight excluding hydrogens is 294 g/mol. The quantitative estimate of drug-likeness (QED) is 0.736. The van der Waals surface area contributed by atoms with Crippen LogP contribution < -0.4 is 5.56 Å². The number of methoxy groups -OCH3 is 1. The second-order valence-electron chi connectivity index (χ2n) is 4.28. The van der Waals surface area contributed by atoms with Gasteiger partial charge in [0.05, 0.1) is 29.5 Å². The third-order valence-electron chi connectivity index (χ3n) is 3.09. The van der Waals surface area contributed by atoms with Crippen molar-refractivity contribution in [2.75, 3.05) is 7.11 Å². The number of para-hydroxylation sites is 1. The third-order valence-corrected chi connectivity index (χ3v) is 3.41. The first-order valence-corrected chi connectivity index (χ1v) is 6.43. The van der Waals surface area contributed by atoms with Crippen LogP contribution in [-0.4, -0.2) is 27.6 Å². The average Bonchev–Trinajstić information content (AvgIpc) is 2.88. The molecule has 0 amide bonds. The second-order valence-corrected chi connectivity index (χ2v) is 4.68. The van der Waals surface area contributed by atoms with Crippen molar-refractivity contribution < 1.29 is 9.53 Å². The number of H-pyrrole nitrogens is 1. The minimum absolute atomic E-state index is 0.185. The van der Waals surface area contributed by atoms with Crippen molar-refractivity contribution in [1.82, 2.24) is 14.5 Å². The van der Waals surface area contributed by atoms with E-state index in [2.05, 4.69) is 9.97 Å². The summed E-state index contributed by atoms with van der Waals surface area (Å²) in [4.78, 5) is 30.5. The fourth-order valence-electron chi connectivity index (χ4n) is 2.16. The van der Waals surface area contributed by atoms with Crippen LogP contribution in [0.5, 0.6) is 0 Å². The molecule has 3 rings (SSSR count). The molecule has 0 saturated carbocycles. The fraction of sp³-hybridized carbons (Fsp3) is 0.0714. The zero-order chi connectivity index (χ0) is 15.0. The standard InChI is InChI=1S/C14H10ClN3O3/c1-21-14(20)11-6-8-12(16-7-17-13(8)19)18(11)10-5-3-2-4-9(10)15/h2-7H,1H3,(H,16,17,19). The molecule has 0 fully saturated rings. The molecule has 2 aromatic heterocycles. The molecule has 106 valence electrons. The lowest BCUT2D eigenvalue weighted by atomic mass is 10.3. The Balaban J connectivity index is 2.44. The van der Waals surface area contributed by atoms with Crippen LogP contribution in [0.1, 0.15) is 10.5 Å². The van der Waals surface area contributed by atoms with Crippen LogP contribution in [0.2, 0.25) is 5.02 Å². The van der Waals surface area contributed by atoms with E-state index in [0.29, 0.717) is 16.4 Å². The number of carbonyl (C=O) groups excluding carboxylic acids is 1. The van der Waals surface area contributed by atoms with Gasteiger partial charge in [-0.3, -0.25) is 9.36 Å². The maximum absolute atomic E-state index is 12.0. The summed E-state index contributed by atoms with van der Waals surface area (Å²) >= 11 is 6.19. The minimum Gasteiger partial charge on any atom is -0.464 e. The highest BCUT2D eigenvalue weighted by atomic mass is 35.5. The van der Waals surface area contributed by atoms with Crippen LogP contribution in [0.25, 0.3) is 16.7 Å². The normalized spacial score (nSPS) is 10.8.